The van der Waals surface area contributed by atoms with Gasteiger partial charge in [-0.1, -0.05) is 43.1 Å². The molecule has 1 aromatic heterocycles. The predicted molar refractivity (Wildman–Crippen MR) is 150 cm³/mol. The van der Waals surface area contributed by atoms with Crippen molar-refractivity contribution in [3.05, 3.63) is 98.4 Å². The second-order valence-electron chi connectivity index (χ2n) is 9.43. The van der Waals surface area contributed by atoms with E-state index in [-0.39, 0.29) is 17.1 Å². The van der Waals surface area contributed by atoms with Crippen LogP contribution in [0.4, 0.5) is 0 Å². The molecule has 0 bridgehead atoms. The number of hydrogen-bond acceptors (Lipinski definition) is 6. The minimum absolute atomic E-state index is 0.0526. The van der Waals surface area contributed by atoms with Crippen LogP contribution in [0.25, 0.3) is 11.0 Å². The molecule has 4 aromatic rings. The van der Waals surface area contributed by atoms with Gasteiger partial charge in [0.1, 0.15) is 11.3 Å². The molecule has 0 saturated carbocycles. The van der Waals surface area contributed by atoms with Crippen molar-refractivity contribution in [2.24, 2.45) is 0 Å². The smallest absolute Gasteiger partial charge is 0.290 e. The molecule has 202 valence electrons. The number of carbonyl (C=O) groups is 1. The first-order chi connectivity index (χ1) is 18.9. The number of halogens is 1. The van der Waals surface area contributed by atoms with Crippen LogP contribution in [0.5, 0.6) is 17.2 Å². The Bertz CT molecular complexity index is 1560. The summed E-state index contributed by atoms with van der Waals surface area (Å²) < 4.78 is 22.8. The first-order valence-corrected chi connectivity index (χ1v) is 13.3. The molecular weight excluding hydrogens is 518 g/mol. The van der Waals surface area contributed by atoms with Gasteiger partial charge in [0.05, 0.1) is 37.8 Å². The van der Waals surface area contributed by atoms with Crippen LogP contribution in [-0.2, 0) is 6.42 Å². The third kappa shape index (κ3) is 5.19. The maximum Gasteiger partial charge on any atom is 0.290 e. The molecule has 8 heteroatoms. The van der Waals surface area contributed by atoms with Gasteiger partial charge in [-0.15, -0.1) is 0 Å². The van der Waals surface area contributed by atoms with E-state index in [1.807, 2.05) is 42.5 Å². The predicted octanol–water partition coefficient (Wildman–Crippen LogP) is 6.43. The van der Waals surface area contributed by atoms with Gasteiger partial charge >= 0.3 is 0 Å². The van der Waals surface area contributed by atoms with Crippen LogP contribution in [-0.4, -0.2) is 38.2 Å². The second kappa shape index (κ2) is 11.4. The number of nitrogens with zero attached hydrogens (tertiary/aromatic N) is 1. The normalized spacial score (nSPS) is 14.5. The molecule has 2 heterocycles. The molecule has 0 N–H and O–H groups in total. The SMILES string of the molecule is CCCCOc1ccc(C2c3c(oc4ccc(Cl)cc4c3=O)C(=O)N2CCc2ccc(OC)cc2)cc1OC. The van der Waals surface area contributed by atoms with Crippen molar-refractivity contribution in [1.82, 2.24) is 4.90 Å². The lowest BCUT2D eigenvalue weighted by Crippen LogP contribution is -2.31. The van der Waals surface area contributed by atoms with Gasteiger partial charge in [0.25, 0.3) is 5.91 Å². The van der Waals surface area contributed by atoms with E-state index in [1.165, 1.54) is 0 Å². The van der Waals surface area contributed by atoms with Crippen LogP contribution in [0.3, 0.4) is 0 Å². The maximum absolute atomic E-state index is 13.8. The average molecular weight is 548 g/mol. The highest BCUT2D eigenvalue weighted by atomic mass is 35.5. The van der Waals surface area contributed by atoms with Crippen LogP contribution in [0.2, 0.25) is 5.02 Å². The highest BCUT2D eigenvalue weighted by Gasteiger charge is 2.42. The van der Waals surface area contributed by atoms with E-state index in [4.69, 9.17) is 30.2 Å². The summed E-state index contributed by atoms with van der Waals surface area (Å²) >= 11 is 6.20. The van der Waals surface area contributed by atoms with E-state index >= 15 is 0 Å². The quantitative estimate of drug-likeness (QED) is 0.213. The minimum Gasteiger partial charge on any atom is -0.497 e. The fraction of sp³-hybridized carbons (Fsp3) is 0.290. The molecule has 0 saturated heterocycles. The van der Waals surface area contributed by atoms with Crippen molar-refractivity contribution in [2.45, 2.75) is 32.2 Å². The molecule has 3 aromatic carbocycles. The largest absolute Gasteiger partial charge is 0.497 e. The zero-order valence-corrected chi connectivity index (χ0v) is 22.9. The van der Waals surface area contributed by atoms with Gasteiger partial charge in [-0.05, 0) is 66.4 Å². The second-order valence-corrected chi connectivity index (χ2v) is 9.86. The third-order valence-corrected chi connectivity index (χ3v) is 7.22. The Morgan fingerprint density at radius 1 is 0.949 bits per heavy atom. The molecule has 0 radical (unpaired) electrons. The van der Waals surface area contributed by atoms with Crippen molar-refractivity contribution in [3.8, 4) is 17.2 Å². The van der Waals surface area contributed by atoms with Crippen LogP contribution in [0, 0.1) is 0 Å². The maximum atomic E-state index is 13.8. The summed E-state index contributed by atoms with van der Waals surface area (Å²) in [7, 11) is 3.19. The van der Waals surface area contributed by atoms with E-state index in [0.717, 1.165) is 29.7 Å². The summed E-state index contributed by atoms with van der Waals surface area (Å²) in [4.78, 5) is 29.3. The van der Waals surface area contributed by atoms with E-state index in [9.17, 15) is 9.59 Å². The van der Waals surface area contributed by atoms with Gasteiger partial charge in [0.15, 0.2) is 16.9 Å². The van der Waals surface area contributed by atoms with Crippen molar-refractivity contribution >= 4 is 28.5 Å². The lowest BCUT2D eigenvalue weighted by Gasteiger charge is -2.26. The number of benzene rings is 3. The number of amides is 1. The van der Waals surface area contributed by atoms with Crippen molar-refractivity contribution in [1.29, 1.82) is 0 Å². The Morgan fingerprint density at radius 3 is 2.46 bits per heavy atom. The first kappa shape index (κ1) is 26.6. The van der Waals surface area contributed by atoms with Gasteiger partial charge in [-0.2, -0.15) is 0 Å². The lowest BCUT2D eigenvalue weighted by molar-refractivity contribution is 0.0730. The standard InChI is InChI=1S/C31H30ClNO6/c1-4-5-16-38-25-12-8-20(17-26(25)37-3)28-27-29(34)23-18-21(32)9-13-24(23)39-30(27)31(35)33(28)15-14-19-6-10-22(36-2)11-7-19/h6-13,17-18,28H,4-5,14-16H2,1-3H3. The van der Waals surface area contributed by atoms with Gasteiger partial charge in [-0.25, -0.2) is 0 Å². The summed E-state index contributed by atoms with van der Waals surface area (Å²) in [6, 6.07) is 17.4. The number of hydrogen-bond donors (Lipinski definition) is 0. The topological polar surface area (TPSA) is 78.2 Å². The molecular formula is C31H30ClNO6. The van der Waals surface area contributed by atoms with Crippen molar-refractivity contribution < 1.29 is 23.4 Å². The Kier molecular flexibility index (Phi) is 7.79. The van der Waals surface area contributed by atoms with Crippen LogP contribution in [0.1, 0.15) is 53.1 Å². The Morgan fingerprint density at radius 2 is 1.74 bits per heavy atom. The van der Waals surface area contributed by atoms with E-state index in [2.05, 4.69) is 6.92 Å². The Labute approximate surface area is 231 Å². The lowest BCUT2D eigenvalue weighted by atomic mass is 9.97. The van der Waals surface area contributed by atoms with Gasteiger partial charge < -0.3 is 23.5 Å². The third-order valence-electron chi connectivity index (χ3n) is 6.99. The molecule has 1 unspecified atom stereocenters. The molecule has 1 atom stereocenters. The molecule has 1 aliphatic rings. The first-order valence-electron chi connectivity index (χ1n) is 13.0. The van der Waals surface area contributed by atoms with Crippen LogP contribution in [0.15, 0.2) is 69.9 Å². The number of unbranched alkanes of at least 4 members (excludes halogenated alkanes) is 1. The number of rotatable bonds is 10. The molecule has 1 amide bonds. The molecule has 7 nitrogen and oxygen atoms in total. The molecule has 0 aliphatic carbocycles. The van der Waals surface area contributed by atoms with E-state index in [0.29, 0.717) is 52.6 Å². The molecule has 39 heavy (non-hydrogen) atoms. The molecule has 0 spiro atoms. The summed E-state index contributed by atoms with van der Waals surface area (Å²) in [5.41, 5.74) is 2.11. The van der Waals surface area contributed by atoms with Crippen LogP contribution < -0.4 is 19.6 Å². The summed E-state index contributed by atoms with van der Waals surface area (Å²) in [5.74, 6) is 1.63. The summed E-state index contributed by atoms with van der Waals surface area (Å²) in [5, 5.41) is 0.754. The number of carbonyl (C=O) groups excluding carboxylic acids is 1. The zero-order chi connectivity index (χ0) is 27.5. The zero-order valence-electron chi connectivity index (χ0n) is 22.2. The molecule has 1 aliphatic heterocycles. The van der Waals surface area contributed by atoms with Crippen LogP contribution >= 0.6 is 11.6 Å². The highest BCUT2D eigenvalue weighted by molar-refractivity contribution is 6.31. The van der Waals surface area contributed by atoms with Gasteiger partial charge in [0, 0.05) is 11.6 Å². The number of methoxy groups -OCH3 is 2. The molecule has 0 fully saturated rings. The Hall–Kier alpha value is -3.97. The van der Waals surface area contributed by atoms with E-state index < -0.39 is 6.04 Å². The van der Waals surface area contributed by atoms with Gasteiger partial charge in [0.2, 0.25) is 5.76 Å². The summed E-state index contributed by atoms with van der Waals surface area (Å²) in [6.45, 7) is 3.04. The number of ether oxygens (including phenoxy) is 3. The fourth-order valence-corrected chi connectivity index (χ4v) is 5.08. The fourth-order valence-electron chi connectivity index (χ4n) is 4.91. The Balaban J connectivity index is 1.58. The average Bonchev–Trinajstić information content (AvgIpc) is 3.24. The molecule has 5 rings (SSSR count). The van der Waals surface area contributed by atoms with Crippen molar-refractivity contribution in [3.63, 3.8) is 0 Å². The van der Waals surface area contributed by atoms with Gasteiger partial charge in [-0.3, -0.25) is 9.59 Å². The number of fused-ring (bicyclic) bond motifs is 2. The van der Waals surface area contributed by atoms with E-state index in [1.54, 1.807) is 37.3 Å². The van der Waals surface area contributed by atoms with Crippen molar-refractivity contribution in [2.75, 3.05) is 27.4 Å². The summed E-state index contributed by atoms with van der Waals surface area (Å²) in [6.07, 6.45) is 2.51. The minimum atomic E-state index is -0.663. The monoisotopic (exact) mass is 547 g/mol. The highest BCUT2D eigenvalue weighted by Crippen LogP contribution is 2.41.